The molecular weight excluding hydrogens is 394 g/mol. The number of aliphatic hydroxyl groups is 1. The molecule has 0 aliphatic carbocycles. The van der Waals surface area contributed by atoms with Gasteiger partial charge in [0.1, 0.15) is 0 Å². The van der Waals surface area contributed by atoms with Gasteiger partial charge in [0.2, 0.25) is 0 Å². The molecule has 0 radical (unpaired) electrons. The molecule has 32 heavy (non-hydrogen) atoms. The van der Waals surface area contributed by atoms with E-state index in [1.807, 2.05) is 0 Å². The lowest BCUT2D eigenvalue weighted by atomic mass is 9.70. The summed E-state index contributed by atoms with van der Waals surface area (Å²) in [4.78, 5) is 2.58. The molecule has 2 bridgehead atoms. The quantitative estimate of drug-likeness (QED) is 0.577. The number of hydrogen-bond donors (Lipinski definition) is 1. The molecule has 3 nitrogen and oxygen atoms in total. The van der Waals surface area contributed by atoms with Crippen LogP contribution in [0.3, 0.4) is 0 Å². The first kappa shape index (κ1) is 23.5. The van der Waals surface area contributed by atoms with E-state index in [4.69, 9.17) is 4.74 Å². The van der Waals surface area contributed by atoms with Crippen LogP contribution in [0.5, 0.6) is 0 Å². The van der Waals surface area contributed by atoms with E-state index < -0.39 is 5.60 Å². The van der Waals surface area contributed by atoms with Crippen molar-refractivity contribution >= 4 is 0 Å². The van der Waals surface area contributed by atoms with Crippen LogP contribution in [0.1, 0.15) is 100.0 Å². The second kappa shape index (κ2) is 9.29. The summed E-state index contributed by atoms with van der Waals surface area (Å²) >= 11 is 0. The molecule has 2 aromatic carbocycles. The van der Waals surface area contributed by atoms with Crippen molar-refractivity contribution in [2.45, 2.75) is 96.4 Å². The largest absolute Gasteiger partial charge is 0.385 e. The van der Waals surface area contributed by atoms with Crippen molar-refractivity contribution in [3.05, 3.63) is 70.3 Å². The summed E-state index contributed by atoms with van der Waals surface area (Å²) in [5.74, 6) is 1.24. The lowest BCUT2D eigenvalue weighted by Gasteiger charge is -2.53. The summed E-state index contributed by atoms with van der Waals surface area (Å²) in [6.45, 7) is 15.9. The monoisotopic (exact) mass is 435 g/mol. The maximum Gasteiger partial charge on any atom is 0.0933 e. The molecule has 0 spiro atoms. The molecule has 0 saturated carbocycles. The predicted octanol–water partition coefficient (Wildman–Crippen LogP) is 6.31. The molecule has 1 N–H and O–H groups in total. The third kappa shape index (κ3) is 4.53. The van der Waals surface area contributed by atoms with E-state index in [1.54, 1.807) is 0 Å². The van der Waals surface area contributed by atoms with E-state index in [0.29, 0.717) is 31.0 Å². The van der Waals surface area contributed by atoms with Gasteiger partial charge in [0.05, 0.1) is 18.8 Å². The topological polar surface area (TPSA) is 32.7 Å². The summed E-state index contributed by atoms with van der Waals surface area (Å²) in [6.07, 6.45) is 1.47. The van der Waals surface area contributed by atoms with Crippen LogP contribution in [-0.2, 0) is 16.9 Å². The fourth-order valence-electron chi connectivity index (χ4n) is 5.79. The van der Waals surface area contributed by atoms with Crippen molar-refractivity contribution in [2.75, 3.05) is 13.2 Å². The summed E-state index contributed by atoms with van der Waals surface area (Å²) in [6, 6.07) is 15.9. The summed E-state index contributed by atoms with van der Waals surface area (Å²) in [5, 5.41) is 12.3. The van der Waals surface area contributed by atoms with E-state index in [1.165, 1.54) is 27.8 Å². The third-order valence-corrected chi connectivity index (χ3v) is 7.51. The average Bonchev–Trinajstić information content (AvgIpc) is 2.74. The highest BCUT2D eigenvalue weighted by Crippen LogP contribution is 2.47. The van der Waals surface area contributed by atoms with Gasteiger partial charge in [-0.2, -0.15) is 0 Å². The Morgan fingerprint density at radius 1 is 0.875 bits per heavy atom. The molecule has 174 valence electrons. The third-order valence-electron chi connectivity index (χ3n) is 7.51. The molecule has 2 heterocycles. The molecule has 2 aromatic rings. The van der Waals surface area contributed by atoms with Crippen LogP contribution in [-0.4, -0.2) is 35.3 Å². The summed E-state index contributed by atoms with van der Waals surface area (Å²) < 4.78 is 5.99. The molecule has 2 aliphatic rings. The van der Waals surface area contributed by atoms with Crippen molar-refractivity contribution in [1.29, 1.82) is 0 Å². The molecule has 2 atom stereocenters. The minimum atomic E-state index is -0.805. The van der Waals surface area contributed by atoms with E-state index in [9.17, 15) is 5.11 Å². The maximum absolute atomic E-state index is 12.3. The predicted molar refractivity (Wildman–Crippen MR) is 132 cm³/mol. The highest BCUT2D eigenvalue weighted by atomic mass is 16.5. The van der Waals surface area contributed by atoms with Crippen LogP contribution in [0.2, 0.25) is 0 Å². The smallest absolute Gasteiger partial charge is 0.0933 e. The SMILES string of the molecule is CC(C)c1cc(C(C)C)c(C2(O)CC3COCC(C2)N3Cc2ccccc2)c(C(C)C)c1. The Morgan fingerprint density at radius 3 is 1.88 bits per heavy atom. The van der Waals surface area contributed by atoms with Crippen LogP contribution in [0.4, 0.5) is 0 Å². The van der Waals surface area contributed by atoms with Gasteiger partial charge >= 0.3 is 0 Å². The average molecular weight is 436 g/mol. The molecule has 2 fully saturated rings. The first-order valence-electron chi connectivity index (χ1n) is 12.5. The number of fused-ring (bicyclic) bond motifs is 2. The number of rotatable bonds is 6. The maximum atomic E-state index is 12.3. The number of ether oxygens (including phenoxy) is 1. The molecule has 2 saturated heterocycles. The lowest BCUT2D eigenvalue weighted by Crippen LogP contribution is -2.60. The standard InChI is InChI=1S/C29H41NO2/c1-19(2)23-12-26(20(3)4)28(27(13-23)21(5)6)29(31)14-24-17-32-18-25(15-29)30(24)16-22-10-8-7-9-11-22/h7-13,19-21,24-25,31H,14-18H2,1-6H3. The molecule has 4 rings (SSSR count). The van der Waals surface area contributed by atoms with Crippen molar-refractivity contribution in [2.24, 2.45) is 0 Å². The Bertz CT molecular complexity index is 875. The van der Waals surface area contributed by atoms with Gasteiger partial charge in [-0.25, -0.2) is 0 Å². The number of benzene rings is 2. The number of nitrogens with zero attached hydrogens (tertiary/aromatic N) is 1. The highest BCUT2D eigenvalue weighted by Gasteiger charge is 2.48. The lowest BCUT2D eigenvalue weighted by molar-refractivity contribution is -0.150. The molecule has 0 aromatic heterocycles. The second-order valence-electron chi connectivity index (χ2n) is 11.0. The van der Waals surface area contributed by atoms with Crippen LogP contribution in [0, 0.1) is 0 Å². The van der Waals surface area contributed by atoms with Crippen LogP contribution >= 0.6 is 0 Å². The Morgan fingerprint density at radius 2 is 1.41 bits per heavy atom. The van der Waals surface area contributed by atoms with Gasteiger partial charge in [-0.15, -0.1) is 0 Å². The molecule has 2 unspecified atom stereocenters. The number of morpholine rings is 1. The van der Waals surface area contributed by atoms with Crippen molar-refractivity contribution < 1.29 is 9.84 Å². The minimum absolute atomic E-state index is 0.234. The minimum Gasteiger partial charge on any atom is -0.385 e. The van der Waals surface area contributed by atoms with E-state index >= 15 is 0 Å². The van der Waals surface area contributed by atoms with Gasteiger partial charge in [-0.3, -0.25) is 4.90 Å². The van der Waals surface area contributed by atoms with Crippen LogP contribution < -0.4 is 0 Å². The van der Waals surface area contributed by atoms with E-state index in [2.05, 4.69) is 88.9 Å². The van der Waals surface area contributed by atoms with Gasteiger partial charge in [-0.1, -0.05) is 84.0 Å². The van der Waals surface area contributed by atoms with Crippen molar-refractivity contribution in [3.63, 3.8) is 0 Å². The van der Waals surface area contributed by atoms with Crippen molar-refractivity contribution in [3.8, 4) is 0 Å². The summed E-state index contributed by atoms with van der Waals surface area (Å²) in [5.41, 5.74) is 5.79. The zero-order chi connectivity index (χ0) is 23.0. The van der Waals surface area contributed by atoms with Crippen LogP contribution in [0.25, 0.3) is 0 Å². The highest BCUT2D eigenvalue weighted by molar-refractivity contribution is 5.47. The van der Waals surface area contributed by atoms with Crippen LogP contribution in [0.15, 0.2) is 42.5 Å². The Hall–Kier alpha value is -1.68. The normalized spacial score (nSPS) is 26.3. The van der Waals surface area contributed by atoms with Crippen molar-refractivity contribution in [1.82, 2.24) is 4.90 Å². The van der Waals surface area contributed by atoms with Gasteiger partial charge in [0.15, 0.2) is 0 Å². The fraction of sp³-hybridized carbons (Fsp3) is 0.586. The summed E-state index contributed by atoms with van der Waals surface area (Å²) in [7, 11) is 0. The molecule has 3 heteroatoms. The first-order chi connectivity index (χ1) is 15.2. The van der Waals surface area contributed by atoms with E-state index in [0.717, 1.165) is 19.4 Å². The Kier molecular flexibility index (Phi) is 6.81. The van der Waals surface area contributed by atoms with E-state index in [-0.39, 0.29) is 12.1 Å². The van der Waals surface area contributed by atoms with Gasteiger partial charge in [0, 0.05) is 18.6 Å². The number of hydrogen-bond acceptors (Lipinski definition) is 3. The molecule has 0 amide bonds. The fourth-order valence-corrected chi connectivity index (χ4v) is 5.79. The number of piperidine rings is 1. The Balaban J connectivity index is 1.74. The second-order valence-corrected chi connectivity index (χ2v) is 11.0. The van der Waals surface area contributed by atoms with Gasteiger partial charge in [-0.05, 0) is 58.4 Å². The Labute approximate surface area is 194 Å². The zero-order valence-electron chi connectivity index (χ0n) is 20.8. The zero-order valence-corrected chi connectivity index (χ0v) is 20.8. The first-order valence-corrected chi connectivity index (χ1v) is 12.5. The molecule has 2 aliphatic heterocycles. The van der Waals surface area contributed by atoms with Gasteiger partial charge in [0.25, 0.3) is 0 Å². The van der Waals surface area contributed by atoms with Gasteiger partial charge < -0.3 is 9.84 Å². The molecular formula is C29H41NO2.